The van der Waals surface area contributed by atoms with E-state index in [1.54, 1.807) is 13.1 Å². The number of hydrogen-bond donors (Lipinski definition) is 2. The lowest BCUT2D eigenvalue weighted by molar-refractivity contribution is -0.120. The Morgan fingerprint density at radius 3 is 2.68 bits per heavy atom. The molecule has 0 bridgehead atoms. The van der Waals surface area contributed by atoms with Crippen molar-refractivity contribution < 1.29 is 14.7 Å². The van der Waals surface area contributed by atoms with E-state index in [9.17, 15) is 14.7 Å². The molecule has 0 unspecified atom stereocenters. The lowest BCUT2D eigenvalue weighted by Gasteiger charge is -2.38. The van der Waals surface area contributed by atoms with Crippen LogP contribution in [0.4, 0.5) is 0 Å². The van der Waals surface area contributed by atoms with Crippen LogP contribution < -0.4 is 5.32 Å². The van der Waals surface area contributed by atoms with Crippen LogP contribution in [0.1, 0.15) is 55.1 Å². The summed E-state index contributed by atoms with van der Waals surface area (Å²) in [6.45, 7) is 6.90. The summed E-state index contributed by atoms with van der Waals surface area (Å²) in [6, 6.07) is 0.238. The predicted octanol–water partition coefficient (Wildman–Crippen LogP) is 0.743. The van der Waals surface area contributed by atoms with Crippen LogP contribution in [0.2, 0.25) is 0 Å². The molecule has 2 aliphatic heterocycles. The molecule has 3 heterocycles. The van der Waals surface area contributed by atoms with Gasteiger partial charge in [0.25, 0.3) is 5.91 Å². The van der Waals surface area contributed by atoms with E-state index in [0.717, 1.165) is 32.4 Å². The van der Waals surface area contributed by atoms with Crippen molar-refractivity contribution in [3.63, 3.8) is 0 Å². The summed E-state index contributed by atoms with van der Waals surface area (Å²) in [5, 5.41) is 14.1. The Bertz CT molecular complexity index is 705. The summed E-state index contributed by atoms with van der Waals surface area (Å²) in [5.41, 5.74) is 0.438. The number of amides is 2. The molecular weight excluding hydrogens is 358 g/mol. The molecule has 2 aliphatic rings. The molecule has 2 amide bonds. The van der Waals surface area contributed by atoms with Crippen molar-refractivity contribution in [3.05, 3.63) is 23.8 Å². The third-order valence-electron chi connectivity index (χ3n) is 5.86. The van der Waals surface area contributed by atoms with Gasteiger partial charge in [-0.15, -0.1) is 0 Å². The van der Waals surface area contributed by atoms with Crippen LogP contribution in [0.3, 0.4) is 0 Å². The van der Waals surface area contributed by atoms with Gasteiger partial charge in [-0.3, -0.25) is 9.59 Å². The van der Waals surface area contributed by atoms with Gasteiger partial charge in [0.1, 0.15) is 6.33 Å². The van der Waals surface area contributed by atoms with Gasteiger partial charge >= 0.3 is 0 Å². The number of piperidine rings is 1. The largest absolute Gasteiger partial charge is 0.388 e. The summed E-state index contributed by atoms with van der Waals surface area (Å²) >= 11 is 0. The average molecular weight is 390 g/mol. The number of carbonyl (C=O) groups is 2. The summed E-state index contributed by atoms with van der Waals surface area (Å²) < 4.78 is 0. The van der Waals surface area contributed by atoms with E-state index in [1.165, 1.54) is 6.33 Å². The van der Waals surface area contributed by atoms with Crippen molar-refractivity contribution in [2.45, 2.75) is 57.6 Å². The maximum Gasteiger partial charge on any atom is 0.257 e. The zero-order valence-corrected chi connectivity index (χ0v) is 16.9. The van der Waals surface area contributed by atoms with E-state index in [4.69, 9.17) is 0 Å². The molecule has 8 heteroatoms. The van der Waals surface area contributed by atoms with Crippen LogP contribution in [-0.4, -0.2) is 81.1 Å². The molecule has 0 aliphatic carbocycles. The Morgan fingerprint density at radius 1 is 1.25 bits per heavy atom. The Balaban J connectivity index is 1.53. The zero-order valence-electron chi connectivity index (χ0n) is 16.9. The molecule has 0 aromatic carbocycles. The molecule has 1 aromatic rings. The van der Waals surface area contributed by atoms with Crippen molar-refractivity contribution in [2.75, 3.05) is 32.7 Å². The lowest BCUT2D eigenvalue weighted by atomic mass is 9.93. The first-order chi connectivity index (χ1) is 13.4. The van der Waals surface area contributed by atoms with E-state index >= 15 is 0 Å². The molecule has 2 fully saturated rings. The number of aliphatic hydroxyl groups is 1. The molecule has 2 N–H and O–H groups in total. The highest BCUT2D eigenvalue weighted by molar-refractivity contribution is 5.94. The first kappa shape index (κ1) is 20.7. The molecule has 0 spiro atoms. The van der Waals surface area contributed by atoms with Crippen LogP contribution in [0.15, 0.2) is 12.5 Å². The van der Waals surface area contributed by atoms with Gasteiger partial charge in [0.15, 0.2) is 0 Å². The van der Waals surface area contributed by atoms with Crippen LogP contribution in [0.5, 0.6) is 0 Å². The minimum absolute atomic E-state index is 0.0182. The molecule has 2 saturated heterocycles. The minimum Gasteiger partial charge on any atom is -0.388 e. The minimum atomic E-state index is -0.780. The summed E-state index contributed by atoms with van der Waals surface area (Å²) in [6.07, 6.45) is 6.87. The van der Waals surface area contributed by atoms with Crippen LogP contribution >= 0.6 is 0 Å². The number of aromatic nitrogens is 2. The Kier molecular flexibility index (Phi) is 6.61. The van der Waals surface area contributed by atoms with E-state index in [1.807, 2.05) is 11.8 Å². The van der Waals surface area contributed by atoms with Crippen molar-refractivity contribution in [1.29, 1.82) is 0 Å². The first-order valence-electron chi connectivity index (χ1n) is 10.1. The number of hydrogen-bond acceptors (Lipinski definition) is 6. The third kappa shape index (κ3) is 5.26. The topological polar surface area (TPSA) is 98.7 Å². The molecule has 0 saturated carbocycles. The van der Waals surface area contributed by atoms with E-state index in [2.05, 4.69) is 20.2 Å². The molecule has 28 heavy (non-hydrogen) atoms. The van der Waals surface area contributed by atoms with Crippen LogP contribution in [0, 0.1) is 6.92 Å². The van der Waals surface area contributed by atoms with Gasteiger partial charge in [-0.1, -0.05) is 0 Å². The highest BCUT2D eigenvalue weighted by Crippen LogP contribution is 2.26. The van der Waals surface area contributed by atoms with Gasteiger partial charge in [0.05, 0.1) is 16.9 Å². The number of carbonyl (C=O) groups excluding carboxylic acids is 2. The van der Waals surface area contributed by atoms with E-state index < -0.39 is 5.60 Å². The maximum absolute atomic E-state index is 12.8. The van der Waals surface area contributed by atoms with Crippen LogP contribution in [-0.2, 0) is 4.79 Å². The number of β-amino-alcohol motifs (C(OH)–C–C–N with tert-alkyl or cyclic N) is 1. The van der Waals surface area contributed by atoms with Gasteiger partial charge < -0.3 is 20.2 Å². The molecule has 154 valence electrons. The number of rotatable bonds is 4. The van der Waals surface area contributed by atoms with Crippen molar-refractivity contribution in [1.82, 2.24) is 25.1 Å². The van der Waals surface area contributed by atoms with Crippen LogP contribution in [0.25, 0.3) is 0 Å². The Morgan fingerprint density at radius 2 is 2.00 bits per heavy atom. The zero-order chi connectivity index (χ0) is 20.1. The van der Waals surface area contributed by atoms with Gasteiger partial charge in [-0.2, -0.15) is 0 Å². The second-order valence-electron chi connectivity index (χ2n) is 8.14. The van der Waals surface area contributed by atoms with Gasteiger partial charge in [-0.25, -0.2) is 9.97 Å². The third-order valence-corrected chi connectivity index (χ3v) is 5.86. The summed E-state index contributed by atoms with van der Waals surface area (Å²) in [7, 11) is 0. The smallest absolute Gasteiger partial charge is 0.257 e. The number of nitrogens with zero attached hydrogens (tertiary/aromatic N) is 4. The Labute approximate surface area is 166 Å². The molecular formula is C20H31N5O3. The van der Waals surface area contributed by atoms with E-state index in [0.29, 0.717) is 43.7 Å². The van der Waals surface area contributed by atoms with Gasteiger partial charge in [-0.05, 0) is 39.0 Å². The van der Waals surface area contributed by atoms with Crippen molar-refractivity contribution in [2.24, 2.45) is 0 Å². The highest BCUT2D eigenvalue weighted by Gasteiger charge is 2.34. The second-order valence-corrected chi connectivity index (χ2v) is 8.14. The number of aryl methyl sites for hydroxylation is 1. The Hall–Kier alpha value is -2.06. The second kappa shape index (κ2) is 8.96. The quantitative estimate of drug-likeness (QED) is 0.788. The van der Waals surface area contributed by atoms with Gasteiger partial charge in [0, 0.05) is 51.9 Å². The molecule has 3 rings (SSSR count). The number of likely N-dealkylation sites (tertiary alicyclic amines) is 2. The van der Waals surface area contributed by atoms with Crippen molar-refractivity contribution in [3.8, 4) is 0 Å². The fourth-order valence-electron chi connectivity index (χ4n) is 4.25. The highest BCUT2D eigenvalue weighted by atomic mass is 16.3. The predicted molar refractivity (Wildman–Crippen MR) is 105 cm³/mol. The normalized spacial score (nSPS) is 24.6. The fourth-order valence-corrected chi connectivity index (χ4v) is 4.25. The standard InChI is InChI=1S/C20H31N5O3/c1-15-18(12-21-14-22-15)19(27)25-8-3-6-20(28,7-11-25)13-24-9-4-17(5-10-24)23-16(2)26/h12,14,17,28H,3-11,13H2,1-2H3,(H,23,26)/t20-/m1/s1. The molecule has 1 atom stereocenters. The van der Waals surface area contributed by atoms with Gasteiger partial charge in [0.2, 0.25) is 5.91 Å². The van der Waals surface area contributed by atoms with E-state index in [-0.39, 0.29) is 17.9 Å². The molecule has 0 radical (unpaired) electrons. The summed E-state index contributed by atoms with van der Waals surface area (Å²) in [5.74, 6) is -0.0388. The lowest BCUT2D eigenvalue weighted by Crippen LogP contribution is -2.50. The SMILES string of the molecule is CC(=O)NC1CCN(C[C@@]2(O)CCCN(C(=O)c3cncnc3C)CC2)CC1. The average Bonchev–Trinajstić information content (AvgIpc) is 2.85. The molecule has 8 nitrogen and oxygen atoms in total. The first-order valence-corrected chi connectivity index (χ1v) is 10.1. The summed E-state index contributed by atoms with van der Waals surface area (Å²) in [4.78, 5) is 36.2. The number of nitrogens with one attached hydrogen (secondary N) is 1. The fraction of sp³-hybridized carbons (Fsp3) is 0.700. The molecule has 1 aromatic heterocycles. The van der Waals surface area contributed by atoms with Crippen molar-refractivity contribution >= 4 is 11.8 Å². The maximum atomic E-state index is 12.8. The monoisotopic (exact) mass is 389 g/mol.